The second kappa shape index (κ2) is 3.72. The highest BCUT2D eigenvalue weighted by molar-refractivity contribution is 6.61. The first kappa shape index (κ1) is 12.4. The van der Waals surface area contributed by atoms with Gasteiger partial charge in [0.2, 0.25) is 0 Å². The minimum Gasteiger partial charge on any atom is -0.398 e. The third kappa shape index (κ3) is 2.05. The zero-order valence-electron chi connectivity index (χ0n) is 11.0. The lowest BCUT2D eigenvalue weighted by Gasteiger charge is -2.32. The molecule has 1 aromatic rings. The van der Waals surface area contributed by atoms with Gasteiger partial charge in [0, 0.05) is 23.4 Å². The highest BCUT2D eigenvalue weighted by atomic mass is 16.7. The van der Waals surface area contributed by atoms with E-state index in [1.165, 1.54) is 6.07 Å². The molecular weight excluding hydrogens is 217 g/mol. The van der Waals surface area contributed by atoms with E-state index in [1.54, 1.807) is 13.1 Å². The van der Waals surface area contributed by atoms with Crippen LogP contribution >= 0.6 is 0 Å². The number of hydrogen-bond acceptors (Lipinski definition) is 3. The fourth-order valence-electron chi connectivity index (χ4n) is 1.67. The van der Waals surface area contributed by atoms with Gasteiger partial charge in [0.1, 0.15) is 0 Å². The molecule has 2 heterocycles. The van der Waals surface area contributed by atoms with Crippen LogP contribution in [0, 0.1) is 6.92 Å². The normalized spacial score (nSPS) is 21.8. The minimum absolute atomic E-state index is 0.00605. The predicted octanol–water partition coefficient (Wildman–Crippen LogP) is 0.983. The van der Waals surface area contributed by atoms with Crippen molar-refractivity contribution in [3.05, 3.63) is 28.0 Å². The van der Waals surface area contributed by atoms with Crippen LogP contribution in [0.5, 0.6) is 0 Å². The lowest BCUT2D eigenvalue weighted by molar-refractivity contribution is 0.00578. The molecule has 1 aliphatic heterocycles. The molecular formula is C12H18BNO3. The number of hydrogen-bond donors (Lipinski definition) is 1. The van der Waals surface area contributed by atoms with Crippen LogP contribution in [0.1, 0.15) is 33.3 Å². The smallest absolute Gasteiger partial charge is 0.398 e. The number of aryl methyl sites for hydroxylation is 1. The Bertz CT molecular complexity index is 477. The van der Waals surface area contributed by atoms with E-state index in [-0.39, 0.29) is 16.6 Å². The lowest BCUT2D eigenvalue weighted by Crippen LogP contribution is -2.41. The zero-order valence-corrected chi connectivity index (χ0v) is 11.0. The van der Waals surface area contributed by atoms with Gasteiger partial charge < -0.3 is 14.3 Å². The minimum atomic E-state index is -0.506. The molecule has 1 fully saturated rings. The van der Waals surface area contributed by atoms with Gasteiger partial charge in [-0.05, 0) is 34.6 Å². The van der Waals surface area contributed by atoms with E-state index in [0.29, 0.717) is 11.2 Å². The Kier molecular flexibility index (Phi) is 2.71. The molecule has 1 saturated heterocycles. The van der Waals surface area contributed by atoms with Crippen molar-refractivity contribution in [3.8, 4) is 0 Å². The van der Waals surface area contributed by atoms with Gasteiger partial charge in [-0.25, -0.2) is 0 Å². The SMILES string of the molecule is Cc1c[nH]c(B2OC(C)(C)C(C)(C)O2)cc1=O. The summed E-state index contributed by atoms with van der Waals surface area (Å²) in [7, 11) is -0.506. The summed E-state index contributed by atoms with van der Waals surface area (Å²) < 4.78 is 11.7. The molecule has 0 spiro atoms. The summed E-state index contributed by atoms with van der Waals surface area (Å²) in [5.74, 6) is 0. The summed E-state index contributed by atoms with van der Waals surface area (Å²) in [5, 5.41) is 0. The Balaban J connectivity index is 2.32. The zero-order chi connectivity index (χ0) is 12.8. The molecule has 92 valence electrons. The van der Waals surface area contributed by atoms with Crippen LogP contribution in [-0.4, -0.2) is 23.3 Å². The molecule has 0 amide bonds. The van der Waals surface area contributed by atoms with Crippen LogP contribution < -0.4 is 11.0 Å². The topological polar surface area (TPSA) is 51.3 Å². The fourth-order valence-corrected chi connectivity index (χ4v) is 1.67. The third-order valence-electron chi connectivity index (χ3n) is 3.64. The maximum Gasteiger partial charge on any atom is 0.512 e. The van der Waals surface area contributed by atoms with Gasteiger partial charge in [0.05, 0.1) is 11.2 Å². The Morgan fingerprint density at radius 2 is 1.71 bits per heavy atom. The predicted molar refractivity (Wildman–Crippen MR) is 67.5 cm³/mol. The van der Waals surface area contributed by atoms with E-state index < -0.39 is 7.12 Å². The summed E-state index contributed by atoms with van der Waals surface area (Å²) in [6.45, 7) is 9.71. The standard InChI is InChI=1S/C12H18BNO3/c1-8-7-14-10(6-9(8)15)13-16-11(2,3)12(4,5)17-13/h6-7H,1-5H3,(H,14,15). The van der Waals surface area contributed by atoms with Crippen LogP contribution in [0.2, 0.25) is 0 Å². The van der Waals surface area contributed by atoms with Gasteiger partial charge in [0.15, 0.2) is 5.43 Å². The summed E-state index contributed by atoms with van der Waals surface area (Å²) in [4.78, 5) is 14.6. The molecule has 1 aromatic heterocycles. The van der Waals surface area contributed by atoms with Gasteiger partial charge in [-0.3, -0.25) is 4.79 Å². The Morgan fingerprint density at radius 3 is 2.18 bits per heavy atom. The van der Waals surface area contributed by atoms with Crippen molar-refractivity contribution < 1.29 is 9.31 Å². The molecule has 0 unspecified atom stereocenters. The third-order valence-corrected chi connectivity index (χ3v) is 3.64. The molecule has 1 N–H and O–H groups in total. The van der Waals surface area contributed by atoms with Crippen molar-refractivity contribution in [2.24, 2.45) is 0 Å². The van der Waals surface area contributed by atoms with E-state index in [2.05, 4.69) is 4.98 Å². The van der Waals surface area contributed by atoms with Gasteiger partial charge in [-0.2, -0.15) is 0 Å². The Labute approximate surface area is 101 Å². The van der Waals surface area contributed by atoms with Crippen molar-refractivity contribution in [2.45, 2.75) is 45.8 Å². The number of aromatic nitrogens is 1. The number of H-pyrrole nitrogens is 1. The second-order valence-corrected chi connectivity index (χ2v) is 5.52. The van der Waals surface area contributed by atoms with Gasteiger partial charge in [0.25, 0.3) is 0 Å². The molecule has 4 nitrogen and oxygen atoms in total. The molecule has 0 atom stereocenters. The Hall–Kier alpha value is -1.07. The summed E-state index contributed by atoms with van der Waals surface area (Å²) in [6, 6.07) is 1.54. The average Bonchev–Trinajstić information content (AvgIpc) is 2.41. The van der Waals surface area contributed by atoms with Crippen molar-refractivity contribution in [1.82, 2.24) is 4.98 Å². The maximum absolute atomic E-state index is 11.6. The van der Waals surface area contributed by atoms with Crippen LogP contribution in [-0.2, 0) is 9.31 Å². The number of pyridine rings is 1. The van der Waals surface area contributed by atoms with Crippen LogP contribution in [0.15, 0.2) is 17.1 Å². The number of rotatable bonds is 1. The Morgan fingerprint density at radius 1 is 1.18 bits per heavy atom. The van der Waals surface area contributed by atoms with Crippen molar-refractivity contribution in [2.75, 3.05) is 0 Å². The molecule has 17 heavy (non-hydrogen) atoms. The van der Waals surface area contributed by atoms with E-state index in [4.69, 9.17) is 9.31 Å². The summed E-state index contributed by atoms with van der Waals surface area (Å²) in [6.07, 6.45) is 1.68. The molecule has 0 bridgehead atoms. The number of aromatic amines is 1. The molecule has 0 aromatic carbocycles. The number of nitrogens with one attached hydrogen (secondary N) is 1. The average molecular weight is 235 g/mol. The van der Waals surface area contributed by atoms with E-state index in [0.717, 1.165) is 0 Å². The van der Waals surface area contributed by atoms with Gasteiger partial charge in [-0.15, -0.1) is 0 Å². The summed E-state index contributed by atoms with van der Waals surface area (Å²) >= 11 is 0. The second-order valence-electron chi connectivity index (χ2n) is 5.52. The first-order chi connectivity index (χ1) is 7.73. The molecule has 5 heteroatoms. The van der Waals surface area contributed by atoms with E-state index >= 15 is 0 Å². The monoisotopic (exact) mass is 235 g/mol. The van der Waals surface area contributed by atoms with E-state index in [1.807, 2.05) is 27.7 Å². The van der Waals surface area contributed by atoms with E-state index in [9.17, 15) is 4.79 Å². The first-order valence-corrected chi connectivity index (χ1v) is 5.78. The molecule has 2 rings (SSSR count). The summed E-state index contributed by atoms with van der Waals surface area (Å²) in [5.41, 5.74) is 0.566. The van der Waals surface area contributed by atoms with Crippen LogP contribution in [0.4, 0.5) is 0 Å². The molecule has 0 aliphatic carbocycles. The molecule has 0 saturated carbocycles. The molecule has 0 radical (unpaired) electrons. The highest BCUT2D eigenvalue weighted by Gasteiger charge is 2.52. The fraction of sp³-hybridized carbons (Fsp3) is 0.583. The van der Waals surface area contributed by atoms with Crippen molar-refractivity contribution >= 4 is 12.7 Å². The van der Waals surface area contributed by atoms with Crippen molar-refractivity contribution in [1.29, 1.82) is 0 Å². The van der Waals surface area contributed by atoms with Gasteiger partial charge in [-0.1, -0.05) is 0 Å². The lowest BCUT2D eigenvalue weighted by atomic mass is 9.84. The van der Waals surface area contributed by atoms with Crippen LogP contribution in [0.3, 0.4) is 0 Å². The largest absolute Gasteiger partial charge is 0.512 e. The molecule has 1 aliphatic rings. The maximum atomic E-state index is 11.6. The first-order valence-electron chi connectivity index (χ1n) is 5.78. The van der Waals surface area contributed by atoms with Crippen molar-refractivity contribution in [3.63, 3.8) is 0 Å². The highest BCUT2D eigenvalue weighted by Crippen LogP contribution is 2.36. The van der Waals surface area contributed by atoms with Crippen LogP contribution in [0.25, 0.3) is 0 Å². The quantitative estimate of drug-likeness (QED) is 0.738. The van der Waals surface area contributed by atoms with Gasteiger partial charge >= 0.3 is 7.12 Å².